The number of likely N-dealkylation sites (tertiary alicyclic amines) is 1. The van der Waals surface area contributed by atoms with Crippen LogP contribution >= 0.6 is 0 Å². The van der Waals surface area contributed by atoms with Gasteiger partial charge in [-0.15, -0.1) is 0 Å². The van der Waals surface area contributed by atoms with E-state index in [4.69, 9.17) is 0 Å². The van der Waals surface area contributed by atoms with Gasteiger partial charge in [-0.05, 0) is 45.2 Å². The normalized spacial score (nSPS) is 25.8. The van der Waals surface area contributed by atoms with Crippen molar-refractivity contribution in [2.24, 2.45) is 5.92 Å². The molecular weight excluding hydrogens is 184 g/mol. The lowest BCUT2D eigenvalue weighted by molar-refractivity contribution is 0.118. The summed E-state index contributed by atoms with van der Waals surface area (Å²) in [6, 6.07) is 1.47. The van der Waals surface area contributed by atoms with Crippen molar-refractivity contribution in [3.8, 4) is 0 Å². The molecule has 1 aliphatic rings. The van der Waals surface area contributed by atoms with Crippen molar-refractivity contribution in [1.29, 1.82) is 0 Å². The van der Waals surface area contributed by atoms with Gasteiger partial charge in [0, 0.05) is 18.6 Å². The molecule has 15 heavy (non-hydrogen) atoms. The summed E-state index contributed by atoms with van der Waals surface area (Å²) in [4.78, 5) is 2.65. The second-order valence-electron chi connectivity index (χ2n) is 5.27. The highest BCUT2D eigenvalue weighted by molar-refractivity contribution is 4.82. The number of hydrogen-bond donors (Lipinski definition) is 1. The van der Waals surface area contributed by atoms with Gasteiger partial charge in [0.2, 0.25) is 0 Å². The molecule has 0 amide bonds. The molecule has 2 unspecified atom stereocenters. The van der Waals surface area contributed by atoms with Crippen molar-refractivity contribution in [3.05, 3.63) is 0 Å². The van der Waals surface area contributed by atoms with Gasteiger partial charge in [-0.1, -0.05) is 20.8 Å². The monoisotopic (exact) mass is 212 g/mol. The highest BCUT2D eigenvalue weighted by Crippen LogP contribution is 2.17. The van der Waals surface area contributed by atoms with Crippen molar-refractivity contribution in [2.45, 2.75) is 59.0 Å². The second kappa shape index (κ2) is 6.49. The summed E-state index contributed by atoms with van der Waals surface area (Å²) in [7, 11) is 0. The fraction of sp³-hybridized carbons (Fsp3) is 1.00. The summed E-state index contributed by atoms with van der Waals surface area (Å²) in [5.41, 5.74) is 0. The second-order valence-corrected chi connectivity index (χ2v) is 5.27. The third-order valence-corrected chi connectivity index (χ3v) is 3.68. The fourth-order valence-corrected chi connectivity index (χ4v) is 2.31. The Bertz CT molecular complexity index is 168. The zero-order chi connectivity index (χ0) is 11.3. The molecule has 1 rings (SSSR count). The average Bonchev–Trinajstić information content (AvgIpc) is 2.25. The number of nitrogens with one attached hydrogen (secondary N) is 1. The van der Waals surface area contributed by atoms with Gasteiger partial charge in [0.05, 0.1) is 0 Å². The fourth-order valence-electron chi connectivity index (χ4n) is 2.31. The van der Waals surface area contributed by atoms with E-state index in [2.05, 4.69) is 37.9 Å². The summed E-state index contributed by atoms with van der Waals surface area (Å²) in [6.07, 6.45) is 3.97. The molecule has 90 valence electrons. The van der Waals surface area contributed by atoms with Crippen LogP contribution in [0.1, 0.15) is 47.0 Å². The molecule has 2 nitrogen and oxygen atoms in total. The molecule has 2 heteroatoms. The Hall–Kier alpha value is -0.0800. The van der Waals surface area contributed by atoms with Gasteiger partial charge in [0.1, 0.15) is 0 Å². The van der Waals surface area contributed by atoms with E-state index in [9.17, 15) is 0 Å². The molecule has 0 aromatic carbocycles. The van der Waals surface area contributed by atoms with Crippen LogP contribution in [0.3, 0.4) is 0 Å². The summed E-state index contributed by atoms with van der Waals surface area (Å²) >= 11 is 0. The SMILES string of the molecule is CCCNC1CCCN(C(C)C(C)C)C1. The van der Waals surface area contributed by atoms with Crippen molar-refractivity contribution in [2.75, 3.05) is 19.6 Å². The number of hydrogen-bond acceptors (Lipinski definition) is 2. The summed E-state index contributed by atoms with van der Waals surface area (Å²) in [5, 5.41) is 3.65. The van der Waals surface area contributed by atoms with Gasteiger partial charge in [-0.2, -0.15) is 0 Å². The molecule has 1 N–H and O–H groups in total. The Balaban J connectivity index is 2.34. The van der Waals surface area contributed by atoms with E-state index in [0.717, 1.165) is 18.0 Å². The van der Waals surface area contributed by atoms with Crippen LogP contribution in [0.2, 0.25) is 0 Å². The molecule has 1 fully saturated rings. The van der Waals surface area contributed by atoms with E-state index in [1.807, 2.05) is 0 Å². The van der Waals surface area contributed by atoms with Crippen LogP contribution in [0.5, 0.6) is 0 Å². The average molecular weight is 212 g/mol. The predicted octanol–water partition coefficient (Wildman–Crippen LogP) is 2.49. The molecule has 1 heterocycles. The van der Waals surface area contributed by atoms with E-state index in [-0.39, 0.29) is 0 Å². The molecule has 0 saturated carbocycles. The van der Waals surface area contributed by atoms with Gasteiger partial charge < -0.3 is 5.32 Å². The zero-order valence-electron chi connectivity index (χ0n) is 10.9. The van der Waals surface area contributed by atoms with Crippen LogP contribution < -0.4 is 5.32 Å². The van der Waals surface area contributed by atoms with Crippen LogP contribution in [0.15, 0.2) is 0 Å². The molecule has 1 aliphatic heterocycles. The van der Waals surface area contributed by atoms with Crippen LogP contribution in [-0.2, 0) is 0 Å². The van der Waals surface area contributed by atoms with E-state index in [1.165, 1.54) is 38.9 Å². The Morgan fingerprint density at radius 2 is 2.07 bits per heavy atom. The minimum absolute atomic E-state index is 0.733. The summed E-state index contributed by atoms with van der Waals surface area (Å²) < 4.78 is 0. The quantitative estimate of drug-likeness (QED) is 0.753. The molecule has 0 aromatic rings. The minimum atomic E-state index is 0.733. The topological polar surface area (TPSA) is 15.3 Å². The number of nitrogens with zero attached hydrogens (tertiary/aromatic N) is 1. The maximum Gasteiger partial charge on any atom is 0.0195 e. The van der Waals surface area contributed by atoms with Gasteiger partial charge in [-0.3, -0.25) is 4.90 Å². The van der Waals surface area contributed by atoms with E-state index in [1.54, 1.807) is 0 Å². The van der Waals surface area contributed by atoms with Crippen LogP contribution in [0, 0.1) is 5.92 Å². The van der Waals surface area contributed by atoms with Crippen LogP contribution in [0.25, 0.3) is 0 Å². The highest BCUT2D eigenvalue weighted by atomic mass is 15.2. The smallest absolute Gasteiger partial charge is 0.0195 e. The lowest BCUT2D eigenvalue weighted by Crippen LogP contribution is -2.50. The Morgan fingerprint density at radius 3 is 2.67 bits per heavy atom. The Labute approximate surface area is 95.4 Å². The lowest BCUT2D eigenvalue weighted by atomic mass is 9.99. The molecule has 0 aromatic heterocycles. The highest BCUT2D eigenvalue weighted by Gasteiger charge is 2.24. The first kappa shape index (κ1) is 13.0. The molecular formula is C13H28N2. The first-order valence-electron chi connectivity index (χ1n) is 6.62. The maximum atomic E-state index is 3.65. The molecule has 1 saturated heterocycles. The Kier molecular flexibility index (Phi) is 5.62. The predicted molar refractivity (Wildman–Crippen MR) is 67.2 cm³/mol. The number of rotatable bonds is 5. The van der Waals surface area contributed by atoms with E-state index >= 15 is 0 Å². The molecule has 0 aliphatic carbocycles. The van der Waals surface area contributed by atoms with Gasteiger partial charge in [-0.25, -0.2) is 0 Å². The van der Waals surface area contributed by atoms with E-state index < -0.39 is 0 Å². The van der Waals surface area contributed by atoms with Crippen molar-refractivity contribution in [3.63, 3.8) is 0 Å². The summed E-state index contributed by atoms with van der Waals surface area (Å²) in [5.74, 6) is 0.773. The zero-order valence-corrected chi connectivity index (χ0v) is 10.9. The first-order chi connectivity index (χ1) is 7.15. The van der Waals surface area contributed by atoms with Gasteiger partial charge in [0.15, 0.2) is 0 Å². The molecule has 2 atom stereocenters. The minimum Gasteiger partial charge on any atom is -0.313 e. The third kappa shape index (κ3) is 4.12. The molecule has 0 bridgehead atoms. The first-order valence-corrected chi connectivity index (χ1v) is 6.62. The third-order valence-electron chi connectivity index (χ3n) is 3.68. The van der Waals surface area contributed by atoms with Crippen LogP contribution in [-0.4, -0.2) is 36.6 Å². The summed E-state index contributed by atoms with van der Waals surface area (Å²) in [6.45, 7) is 13.0. The molecule has 0 radical (unpaired) electrons. The van der Waals surface area contributed by atoms with Crippen molar-refractivity contribution < 1.29 is 0 Å². The van der Waals surface area contributed by atoms with Crippen molar-refractivity contribution in [1.82, 2.24) is 10.2 Å². The largest absolute Gasteiger partial charge is 0.313 e. The standard InChI is InChI=1S/C13H28N2/c1-5-8-14-13-7-6-9-15(10-13)12(4)11(2)3/h11-14H,5-10H2,1-4H3. The Morgan fingerprint density at radius 1 is 1.33 bits per heavy atom. The van der Waals surface area contributed by atoms with Crippen LogP contribution in [0.4, 0.5) is 0 Å². The van der Waals surface area contributed by atoms with Crippen molar-refractivity contribution >= 4 is 0 Å². The molecule has 0 spiro atoms. The van der Waals surface area contributed by atoms with E-state index in [0.29, 0.717) is 0 Å². The van der Waals surface area contributed by atoms with Gasteiger partial charge in [0.25, 0.3) is 0 Å². The lowest BCUT2D eigenvalue weighted by Gasteiger charge is -2.38. The maximum absolute atomic E-state index is 3.65. The number of piperidine rings is 1. The van der Waals surface area contributed by atoms with Gasteiger partial charge >= 0.3 is 0 Å².